The van der Waals surface area contributed by atoms with Crippen molar-refractivity contribution in [2.45, 2.75) is 0 Å². The maximum Gasteiger partial charge on any atom is 0.337 e. The molecule has 0 heterocycles. The molecular formula is C24H21N3O6. The van der Waals surface area contributed by atoms with Gasteiger partial charge < -0.3 is 26.4 Å². The fraction of sp³-hybridized carbons (Fsp3) is 0.0833. The average molecular weight is 447 g/mol. The first-order valence-corrected chi connectivity index (χ1v) is 9.71. The Morgan fingerprint density at radius 2 is 1.48 bits per heavy atom. The highest BCUT2D eigenvalue weighted by Gasteiger charge is 2.22. The topological polar surface area (TPSA) is 162 Å². The van der Waals surface area contributed by atoms with Crippen LogP contribution in [-0.2, 0) is 4.79 Å². The molecule has 9 heteroatoms. The first-order valence-electron chi connectivity index (χ1n) is 9.71. The molecule has 0 amide bonds. The molecule has 0 bridgehead atoms. The van der Waals surface area contributed by atoms with Crippen LogP contribution in [0.5, 0.6) is 0 Å². The van der Waals surface area contributed by atoms with Crippen molar-refractivity contribution in [1.29, 1.82) is 0 Å². The molecule has 0 atom stereocenters. The van der Waals surface area contributed by atoms with Gasteiger partial charge in [0.15, 0.2) is 0 Å². The Labute approximate surface area is 188 Å². The molecule has 0 fully saturated rings. The summed E-state index contributed by atoms with van der Waals surface area (Å²) in [6.45, 7) is 0. The van der Waals surface area contributed by atoms with Crippen LogP contribution in [-0.4, -0.2) is 53.0 Å². The maximum atomic E-state index is 11.8. The minimum atomic E-state index is -1.23. The highest BCUT2D eigenvalue weighted by atomic mass is 16.4. The third-order valence-corrected chi connectivity index (χ3v) is 5.14. The van der Waals surface area contributed by atoms with Gasteiger partial charge in [0.1, 0.15) is 0 Å². The van der Waals surface area contributed by atoms with Crippen molar-refractivity contribution in [3.63, 3.8) is 0 Å². The smallest absolute Gasteiger partial charge is 0.337 e. The molecule has 2 aromatic carbocycles. The number of carboxylic acid groups (broad SMARTS) is 3. The normalized spacial score (nSPS) is 15.7. The minimum absolute atomic E-state index is 0.0000365. The number of aromatic carboxylic acids is 2. The predicted octanol–water partition coefficient (Wildman–Crippen LogP) is 3.16. The van der Waals surface area contributed by atoms with E-state index in [0.717, 1.165) is 0 Å². The summed E-state index contributed by atoms with van der Waals surface area (Å²) in [5, 5.41) is 31.6. The molecule has 1 aliphatic rings. The summed E-state index contributed by atoms with van der Waals surface area (Å²) in [5.74, 6) is -3.57. The fourth-order valence-electron chi connectivity index (χ4n) is 3.55. The summed E-state index contributed by atoms with van der Waals surface area (Å²) in [7, 11) is 3.07. The van der Waals surface area contributed by atoms with E-state index in [1.165, 1.54) is 37.4 Å². The number of benzene rings is 2. The van der Waals surface area contributed by atoms with Gasteiger partial charge in [-0.2, -0.15) is 0 Å². The lowest BCUT2D eigenvalue weighted by molar-refractivity contribution is -0.132. The standard InChI is InChI=1S/C24H21N3O6/c1-26-19-7-4-13(10-16(19)23(30)31)21(12-3-6-18(25)15(9-12)22(28)29)14-5-8-20(27-2)17(11-14)24(32)33/h3-11,26H,25H2,1-2H3,(H,28,29)(H,30,31)(H,32,33). The number of nitrogens with two attached hydrogens (primary N) is 1. The molecule has 6 N–H and O–H groups in total. The van der Waals surface area contributed by atoms with E-state index in [4.69, 9.17) is 5.73 Å². The number of carboxylic acids is 3. The van der Waals surface area contributed by atoms with Crippen molar-refractivity contribution in [3.05, 3.63) is 88.0 Å². The van der Waals surface area contributed by atoms with Crippen LogP contribution in [0.4, 0.5) is 11.4 Å². The van der Waals surface area contributed by atoms with Crippen LogP contribution in [0.1, 0.15) is 31.8 Å². The van der Waals surface area contributed by atoms with Gasteiger partial charge in [0.2, 0.25) is 0 Å². The summed E-state index contributed by atoms with van der Waals surface area (Å²) in [6, 6.07) is 9.11. The van der Waals surface area contributed by atoms with E-state index in [9.17, 15) is 29.7 Å². The molecule has 0 radical (unpaired) electrons. The first kappa shape index (κ1) is 23.0. The van der Waals surface area contributed by atoms with Gasteiger partial charge >= 0.3 is 17.9 Å². The number of aliphatic imine (C=N–C) groups is 1. The molecule has 2 aromatic rings. The third kappa shape index (κ3) is 4.52. The van der Waals surface area contributed by atoms with E-state index in [1.54, 1.807) is 31.3 Å². The average Bonchev–Trinajstić information content (AvgIpc) is 2.79. The van der Waals surface area contributed by atoms with Gasteiger partial charge in [0, 0.05) is 25.5 Å². The minimum Gasteiger partial charge on any atom is -0.478 e. The Balaban J connectivity index is 2.39. The van der Waals surface area contributed by atoms with Crippen molar-refractivity contribution in [3.8, 4) is 0 Å². The van der Waals surface area contributed by atoms with Crippen LogP contribution in [0.25, 0.3) is 5.57 Å². The molecule has 0 saturated carbocycles. The highest BCUT2D eigenvalue weighted by Crippen LogP contribution is 2.34. The van der Waals surface area contributed by atoms with E-state index in [0.29, 0.717) is 28.0 Å². The maximum absolute atomic E-state index is 11.8. The molecule has 3 rings (SSSR count). The van der Waals surface area contributed by atoms with E-state index in [2.05, 4.69) is 10.3 Å². The number of anilines is 2. The van der Waals surface area contributed by atoms with Gasteiger partial charge in [-0.3, -0.25) is 4.99 Å². The van der Waals surface area contributed by atoms with Gasteiger partial charge in [0.05, 0.1) is 22.4 Å². The number of hydrogen-bond acceptors (Lipinski definition) is 6. The zero-order valence-corrected chi connectivity index (χ0v) is 17.8. The van der Waals surface area contributed by atoms with Crippen molar-refractivity contribution in [2.24, 2.45) is 4.99 Å². The van der Waals surface area contributed by atoms with Crippen LogP contribution < -0.4 is 11.1 Å². The van der Waals surface area contributed by atoms with Gasteiger partial charge in [-0.15, -0.1) is 0 Å². The summed E-state index contributed by atoms with van der Waals surface area (Å²) in [4.78, 5) is 39.2. The SMILES string of the molecule is CN=C1C=CC(=C(c2ccc(N)c(C(=O)O)c2)c2ccc(NC)c(C(=O)O)c2)C=C1C(=O)O. The summed E-state index contributed by atoms with van der Waals surface area (Å²) in [6.07, 6.45) is 4.60. The van der Waals surface area contributed by atoms with Gasteiger partial charge in [0.25, 0.3) is 0 Å². The second-order valence-corrected chi connectivity index (χ2v) is 7.06. The Hall–Kier alpha value is -4.66. The van der Waals surface area contributed by atoms with Crippen LogP contribution >= 0.6 is 0 Å². The number of nitrogens with one attached hydrogen (secondary N) is 1. The molecule has 168 valence electrons. The molecule has 0 aromatic heterocycles. The lowest BCUT2D eigenvalue weighted by Gasteiger charge is -2.18. The first-order chi connectivity index (χ1) is 15.7. The Kier molecular flexibility index (Phi) is 6.43. The second kappa shape index (κ2) is 9.23. The molecule has 0 aliphatic heterocycles. The molecule has 33 heavy (non-hydrogen) atoms. The second-order valence-electron chi connectivity index (χ2n) is 7.06. The van der Waals surface area contributed by atoms with E-state index in [-0.39, 0.29) is 28.1 Å². The van der Waals surface area contributed by atoms with Crippen molar-refractivity contribution >= 4 is 40.6 Å². The number of allylic oxidation sites excluding steroid dienone is 4. The van der Waals surface area contributed by atoms with E-state index in [1.807, 2.05) is 0 Å². The largest absolute Gasteiger partial charge is 0.478 e. The van der Waals surface area contributed by atoms with Crippen LogP contribution in [0.2, 0.25) is 0 Å². The molecule has 0 spiro atoms. The zero-order chi connectivity index (χ0) is 24.3. The summed E-state index contributed by atoms with van der Waals surface area (Å²) in [5.41, 5.74) is 8.10. The molecular weight excluding hydrogens is 426 g/mol. The van der Waals surface area contributed by atoms with Crippen LogP contribution in [0.15, 0.2) is 70.8 Å². The summed E-state index contributed by atoms with van der Waals surface area (Å²) < 4.78 is 0. The number of hydrogen-bond donors (Lipinski definition) is 5. The quantitative estimate of drug-likeness (QED) is 0.422. The van der Waals surface area contributed by atoms with E-state index >= 15 is 0 Å². The van der Waals surface area contributed by atoms with E-state index < -0.39 is 17.9 Å². The number of nitrogens with zero attached hydrogens (tertiary/aromatic N) is 1. The monoisotopic (exact) mass is 447 g/mol. The van der Waals surface area contributed by atoms with Crippen molar-refractivity contribution < 1.29 is 29.7 Å². The lowest BCUT2D eigenvalue weighted by Crippen LogP contribution is -2.14. The number of carbonyl (C=O) groups is 3. The van der Waals surface area contributed by atoms with Crippen molar-refractivity contribution in [2.75, 3.05) is 25.1 Å². The zero-order valence-electron chi connectivity index (χ0n) is 17.8. The third-order valence-electron chi connectivity index (χ3n) is 5.14. The fourth-order valence-corrected chi connectivity index (χ4v) is 3.55. The number of rotatable bonds is 6. The van der Waals surface area contributed by atoms with Gasteiger partial charge in [-0.1, -0.05) is 18.2 Å². The van der Waals surface area contributed by atoms with Crippen LogP contribution in [0.3, 0.4) is 0 Å². The Bertz CT molecular complexity index is 1300. The van der Waals surface area contributed by atoms with Gasteiger partial charge in [-0.25, -0.2) is 14.4 Å². The molecule has 1 aliphatic carbocycles. The van der Waals surface area contributed by atoms with Crippen LogP contribution in [0, 0.1) is 0 Å². The van der Waals surface area contributed by atoms with Gasteiger partial charge in [-0.05, 0) is 58.7 Å². The molecule has 0 saturated heterocycles. The lowest BCUT2D eigenvalue weighted by atomic mass is 9.87. The molecule has 0 unspecified atom stereocenters. The Morgan fingerprint density at radius 3 is 2.03 bits per heavy atom. The number of aliphatic carboxylic acids is 1. The Morgan fingerprint density at radius 1 is 0.879 bits per heavy atom. The highest BCUT2D eigenvalue weighted by molar-refractivity contribution is 6.25. The summed E-state index contributed by atoms with van der Waals surface area (Å²) >= 11 is 0. The molecule has 9 nitrogen and oxygen atoms in total. The van der Waals surface area contributed by atoms with Crippen molar-refractivity contribution in [1.82, 2.24) is 0 Å². The predicted molar refractivity (Wildman–Crippen MR) is 125 cm³/mol. The number of nitrogen functional groups attached to an aromatic ring is 1.